The Balaban J connectivity index is 1.44. The molecule has 0 aliphatic carbocycles. The van der Waals surface area contributed by atoms with Gasteiger partial charge in [-0.3, -0.25) is 0 Å². The van der Waals surface area contributed by atoms with Gasteiger partial charge in [-0.05, 0) is 42.2 Å². The molecule has 0 aromatic heterocycles. The van der Waals surface area contributed by atoms with Gasteiger partial charge < -0.3 is 20.1 Å². The minimum atomic E-state index is -0.181. The molecule has 0 fully saturated rings. The van der Waals surface area contributed by atoms with E-state index in [2.05, 4.69) is 17.6 Å². The summed E-state index contributed by atoms with van der Waals surface area (Å²) in [4.78, 5) is 12.1. The molecule has 3 rings (SSSR count). The van der Waals surface area contributed by atoms with E-state index in [9.17, 15) is 4.79 Å². The van der Waals surface area contributed by atoms with Crippen LogP contribution in [-0.2, 0) is 13.0 Å². The summed E-state index contributed by atoms with van der Waals surface area (Å²) in [5, 5.41) is 5.86. The van der Waals surface area contributed by atoms with Crippen molar-refractivity contribution < 1.29 is 14.3 Å². The Labute approximate surface area is 148 Å². The van der Waals surface area contributed by atoms with Crippen LogP contribution in [-0.4, -0.2) is 25.3 Å². The van der Waals surface area contributed by atoms with Crippen molar-refractivity contribution in [3.05, 3.63) is 59.7 Å². The van der Waals surface area contributed by atoms with Gasteiger partial charge in [0.1, 0.15) is 18.1 Å². The second-order valence-corrected chi connectivity index (χ2v) is 6.14. The first-order valence-electron chi connectivity index (χ1n) is 8.71. The fourth-order valence-electron chi connectivity index (χ4n) is 2.76. The number of ether oxygens (including phenoxy) is 2. The quantitative estimate of drug-likeness (QED) is 0.848. The SMILES string of the molecule is CCCOc1ccc(CNC(=O)NC2COc3ccccc3C2)cc1. The molecular formula is C20H24N2O3. The fourth-order valence-corrected chi connectivity index (χ4v) is 2.76. The summed E-state index contributed by atoms with van der Waals surface area (Å²) < 4.78 is 11.2. The van der Waals surface area contributed by atoms with Crippen LogP contribution in [0.15, 0.2) is 48.5 Å². The summed E-state index contributed by atoms with van der Waals surface area (Å²) in [6, 6.07) is 15.5. The summed E-state index contributed by atoms with van der Waals surface area (Å²) in [6.07, 6.45) is 1.77. The number of carbonyl (C=O) groups is 1. The second kappa shape index (κ2) is 8.42. The van der Waals surface area contributed by atoms with Crippen molar-refractivity contribution in [2.45, 2.75) is 32.4 Å². The highest BCUT2D eigenvalue weighted by molar-refractivity contribution is 5.74. The molecule has 1 atom stereocenters. The topological polar surface area (TPSA) is 59.6 Å². The Hall–Kier alpha value is -2.69. The van der Waals surface area contributed by atoms with E-state index in [1.807, 2.05) is 48.5 Å². The Bertz CT molecular complexity index is 700. The van der Waals surface area contributed by atoms with Gasteiger partial charge in [-0.1, -0.05) is 37.3 Å². The van der Waals surface area contributed by atoms with E-state index < -0.39 is 0 Å². The van der Waals surface area contributed by atoms with Gasteiger partial charge in [0.05, 0.1) is 12.6 Å². The summed E-state index contributed by atoms with van der Waals surface area (Å²) in [5.41, 5.74) is 2.16. The smallest absolute Gasteiger partial charge is 0.315 e. The van der Waals surface area contributed by atoms with Crippen LogP contribution in [0.3, 0.4) is 0 Å². The predicted molar refractivity (Wildman–Crippen MR) is 97.0 cm³/mol. The van der Waals surface area contributed by atoms with Crippen molar-refractivity contribution in [1.82, 2.24) is 10.6 Å². The van der Waals surface area contributed by atoms with Crippen LogP contribution in [0.25, 0.3) is 0 Å². The molecule has 0 saturated carbocycles. The third kappa shape index (κ3) is 4.89. The van der Waals surface area contributed by atoms with E-state index in [0.717, 1.165) is 35.5 Å². The van der Waals surface area contributed by atoms with Crippen molar-refractivity contribution in [2.24, 2.45) is 0 Å². The number of carbonyl (C=O) groups excluding carboxylic acids is 1. The van der Waals surface area contributed by atoms with Crippen molar-refractivity contribution in [1.29, 1.82) is 0 Å². The first-order chi connectivity index (χ1) is 12.2. The van der Waals surface area contributed by atoms with E-state index in [-0.39, 0.29) is 12.1 Å². The lowest BCUT2D eigenvalue weighted by atomic mass is 10.0. The molecule has 0 radical (unpaired) electrons. The lowest BCUT2D eigenvalue weighted by molar-refractivity contribution is 0.214. The molecule has 1 heterocycles. The Kier molecular flexibility index (Phi) is 5.77. The van der Waals surface area contributed by atoms with Gasteiger partial charge in [0.25, 0.3) is 0 Å². The normalized spacial score (nSPS) is 15.6. The Morgan fingerprint density at radius 3 is 2.80 bits per heavy atom. The van der Waals surface area contributed by atoms with Gasteiger partial charge in [0, 0.05) is 6.54 Å². The van der Waals surface area contributed by atoms with Crippen molar-refractivity contribution in [3.8, 4) is 11.5 Å². The lowest BCUT2D eigenvalue weighted by Gasteiger charge is -2.26. The third-order valence-corrected chi connectivity index (χ3v) is 4.06. The van der Waals surface area contributed by atoms with Gasteiger partial charge >= 0.3 is 6.03 Å². The number of benzene rings is 2. The maximum Gasteiger partial charge on any atom is 0.315 e. The monoisotopic (exact) mass is 340 g/mol. The van der Waals surface area contributed by atoms with E-state index in [4.69, 9.17) is 9.47 Å². The molecule has 2 N–H and O–H groups in total. The predicted octanol–water partition coefficient (Wildman–Crippen LogP) is 3.28. The molecular weight excluding hydrogens is 316 g/mol. The Morgan fingerprint density at radius 1 is 1.20 bits per heavy atom. The lowest BCUT2D eigenvalue weighted by Crippen LogP contribution is -2.47. The largest absolute Gasteiger partial charge is 0.494 e. The minimum Gasteiger partial charge on any atom is -0.494 e. The highest BCUT2D eigenvalue weighted by atomic mass is 16.5. The average Bonchev–Trinajstić information content (AvgIpc) is 2.65. The first-order valence-corrected chi connectivity index (χ1v) is 8.71. The highest BCUT2D eigenvalue weighted by Crippen LogP contribution is 2.23. The zero-order valence-electron chi connectivity index (χ0n) is 14.5. The molecule has 25 heavy (non-hydrogen) atoms. The van der Waals surface area contributed by atoms with Crippen molar-refractivity contribution >= 4 is 6.03 Å². The zero-order valence-corrected chi connectivity index (χ0v) is 14.5. The minimum absolute atomic E-state index is 0.0141. The van der Waals surface area contributed by atoms with Crippen LogP contribution in [0.4, 0.5) is 4.79 Å². The maximum atomic E-state index is 12.1. The summed E-state index contributed by atoms with van der Waals surface area (Å²) >= 11 is 0. The summed E-state index contributed by atoms with van der Waals surface area (Å²) in [5.74, 6) is 1.76. The maximum absolute atomic E-state index is 12.1. The van der Waals surface area contributed by atoms with Crippen LogP contribution >= 0.6 is 0 Å². The molecule has 0 bridgehead atoms. The number of hydrogen-bond donors (Lipinski definition) is 2. The number of amides is 2. The summed E-state index contributed by atoms with van der Waals surface area (Å²) in [6.45, 7) is 3.76. The third-order valence-electron chi connectivity index (χ3n) is 4.06. The highest BCUT2D eigenvalue weighted by Gasteiger charge is 2.20. The average molecular weight is 340 g/mol. The molecule has 0 spiro atoms. The van der Waals surface area contributed by atoms with E-state index in [1.54, 1.807) is 0 Å². The van der Waals surface area contributed by atoms with Crippen molar-refractivity contribution in [2.75, 3.05) is 13.2 Å². The van der Waals surface area contributed by atoms with Crippen LogP contribution in [0.1, 0.15) is 24.5 Å². The van der Waals surface area contributed by atoms with Crippen LogP contribution < -0.4 is 20.1 Å². The summed E-state index contributed by atoms with van der Waals surface area (Å²) in [7, 11) is 0. The number of nitrogens with one attached hydrogen (secondary N) is 2. The van der Waals surface area contributed by atoms with Gasteiger partial charge in [-0.2, -0.15) is 0 Å². The second-order valence-electron chi connectivity index (χ2n) is 6.14. The molecule has 132 valence electrons. The molecule has 5 nitrogen and oxygen atoms in total. The van der Waals surface area contributed by atoms with Gasteiger partial charge in [-0.25, -0.2) is 4.79 Å². The van der Waals surface area contributed by atoms with Crippen LogP contribution in [0.5, 0.6) is 11.5 Å². The number of para-hydroxylation sites is 1. The van der Waals surface area contributed by atoms with Crippen molar-refractivity contribution in [3.63, 3.8) is 0 Å². The number of rotatable bonds is 6. The van der Waals surface area contributed by atoms with Crippen LogP contribution in [0, 0.1) is 0 Å². The number of fused-ring (bicyclic) bond motifs is 1. The van der Waals surface area contributed by atoms with E-state index in [0.29, 0.717) is 19.8 Å². The first kappa shape index (κ1) is 17.1. The fraction of sp³-hybridized carbons (Fsp3) is 0.350. The molecule has 2 aromatic carbocycles. The standard InChI is InChI=1S/C20H24N2O3/c1-2-11-24-18-9-7-15(8-10-18)13-21-20(23)22-17-12-16-5-3-4-6-19(16)25-14-17/h3-10,17H,2,11-14H2,1H3,(H2,21,22,23). The van der Waals surface area contributed by atoms with Gasteiger partial charge in [-0.15, -0.1) is 0 Å². The van der Waals surface area contributed by atoms with Gasteiger partial charge in [0.2, 0.25) is 0 Å². The molecule has 1 aliphatic heterocycles. The van der Waals surface area contributed by atoms with Crippen LogP contribution in [0.2, 0.25) is 0 Å². The molecule has 2 aromatic rings. The zero-order chi connectivity index (χ0) is 17.5. The molecule has 2 amide bonds. The molecule has 1 unspecified atom stereocenters. The Morgan fingerprint density at radius 2 is 2.00 bits per heavy atom. The number of urea groups is 1. The van der Waals surface area contributed by atoms with E-state index in [1.165, 1.54) is 0 Å². The molecule has 1 aliphatic rings. The van der Waals surface area contributed by atoms with E-state index >= 15 is 0 Å². The molecule has 5 heteroatoms. The number of hydrogen-bond acceptors (Lipinski definition) is 3. The van der Waals surface area contributed by atoms with Gasteiger partial charge in [0.15, 0.2) is 0 Å². The molecule has 0 saturated heterocycles.